The van der Waals surface area contributed by atoms with E-state index in [1.54, 1.807) is 18.3 Å². The second-order valence-corrected chi connectivity index (χ2v) is 4.82. The third-order valence-electron chi connectivity index (χ3n) is 2.82. The molecule has 0 spiro atoms. The standard InChI is InChI=1S/C11H13BrN2O3/c12-10-3-8(1-2-13-10)11(6-16)7-17-5-9(4-15)14-11/h1-4,9,14,16H,5-7H2. The molecule has 2 atom stereocenters. The molecule has 0 aromatic carbocycles. The van der Waals surface area contributed by atoms with Gasteiger partial charge in [-0.15, -0.1) is 0 Å². The van der Waals surface area contributed by atoms with Crippen LogP contribution in [0.15, 0.2) is 22.9 Å². The quantitative estimate of drug-likeness (QED) is 0.617. The molecule has 6 heteroatoms. The molecule has 2 N–H and O–H groups in total. The van der Waals surface area contributed by atoms with Crippen LogP contribution in [0.2, 0.25) is 0 Å². The fraction of sp³-hybridized carbons (Fsp3) is 0.455. The minimum absolute atomic E-state index is 0.145. The van der Waals surface area contributed by atoms with Crippen molar-refractivity contribution in [2.45, 2.75) is 11.6 Å². The molecule has 1 fully saturated rings. The summed E-state index contributed by atoms with van der Waals surface area (Å²) in [5, 5.41) is 12.7. The van der Waals surface area contributed by atoms with E-state index in [0.717, 1.165) is 11.8 Å². The molecule has 1 aromatic heterocycles. The number of aliphatic hydroxyl groups is 1. The Balaban J connectivity index is 2.33. The normalized spacial score (nSPS) is 28.9. The van der Waals surface area contributed by atoms with Crippen molar-refractivity contribution in [3.63, 3.8) is 0 Å². The molecule has 1 aliphatic rings. The summed E-state index contributed by atoms with van der Waals surface area (Å²) in [5.74, 6) is 0. The first-order valence-corrected chi connectivity index (χ1v) is 6.03. The highest BCUT2D eigenvalue weighted by atomic mass is 79.9. The van der Waals surface area contributed by atoms with Gasteiger partial charge in [-0.1, -0.05) is 0 Å². The molecule has 2 rings (SSSR count). The minimum atomic E-state index is -0.741. The Morgan fingerprint density at radius 2 is 2.59 bits per heavy atom. The van der Waals surface area contributed by atoms with E-state index in [9.17, 15) is 9.90 Å². The Morgan fingerprint density at radius 3 is 3.24 bits per heavy atom. The molecule has 92 valence electrons. The second kappa shape index (κ2) is 5.22. The number of ether oxygens (including phenoxy) is 1. The van der Waals surface area contributed by atoms with Crippen molar-refractivity contribution < 1.29 is 14.6 Å². The highest BCUT2D eigenvalue weighted by Gasteiger charge is 2.37. The van der Waals surface area contributed by atoms with Gasteiger partial charge >= 0.3 is 0 Å². The monoisotopic (exact) mass is 300 g/mol. The summed E-state index contributed by atoms with van der Waals surface area (Å²) in [5.41, 5.74) is 0.100. The predicted molar refractivity (Wildman–Crippen MR) is 64.5 cm³/mol. The summed E-state index contributed by atoms with van der Waals surface area (Å²) < 4.78 is 6.06. The van der Waals surface area contributed by atoms with E-state index in [2.05, 4.69) is 26.2 Å². The topological polar surface area (TPSA) is 71.5 Å². The molecule has 2 heterocycles. The van der Waals surface area contributed by atoms with E-state index in [4.69, 9.17) is 4.74 Å². The Labute approximate surface area is 107 Å². The molecule has 0 aliphatic carbocycles. The number of hydrogen-bond donors (Lipinski definition) is 2. The van der Waals surface area contributed by atoms with E-state index < -0.39 is 11.6 Å². The number of pyridine rings is 1. The van der Waals surface area contributed by atoms with Crippen LogP contribution >= 0.6 is 15.9 Å². The molecule has 1 aliphatic heterocycles. The number of carbonyl (C=O) groups is 1. The van der Waals surface area contributed by atoms with E-state index in [-0.39, 0.29) is 6.61 Å². The molecule has 17 heavy (non-hydrogen) atoms. The van der Waals surface area contributed by atoms with Crippen LogP contribution < -0.4 is 5.32 Å². The van der Waals surface area contributed by atoms with Gasteiger partial charge in [-0.2, -0.15) is 0 Å². The van der Waals surface area contributed by atoms with Gasteiger partial charge in [0.25, 0.3) is 0 Å². The van der Waals surface area contributed by atoms with Gasteiger partial charge < -0.3 is 14.6 Å². The van der Waals surface area contributed by atoms with E-state index in [0.29, 0.717) is 17.8 Å². The molecule has 2 unspecified atom stereocenters. The summed E-state index contributed by atoms with van der Waals surface area (Å²) in [6.07, 6.45) is 2.43. The molecule has 0 radical (unpaired) electrons. The van der Waals surface area contributed by atoms with Gasteiger partial charge in [0.15, 0.2) is 0 Å². The first-order chi connectivity index (χ1) is 8.20. The predicted octanol–water partition coefficient (Wildman–Crippen LogP) is 0.219. The Bertz CT molecular complexity index is 415. The van der Waals surface area contributed by atoms with Crippen LogP contribution in [-0.4, -0.2) is 42.2 Å². The van der Waals surface area contributed by atoms with Crippen molar-refractivity contribution in [1.82, 2.24) is 10.3 Å². The number of aldehydes is 1. The highest BCUT2D eigenvalue weighted by molar-refractivity contribution is 9.10. The SMILES string of the molecule is O=CC1COCC(CO)(c2ccnc(Br)c2)N1. The number of halogens is 1. The molecular weight excluding hydrogens is 288 g/mol. The summed E-state index contributed by atoms with van der Waals surface area (Å²) >= 11 is 3.28. The Kier molecular flexibility index (Phi) is 3.88. The van der Waals surface area contributed by atoms with Gasteiger partial charge in [0.05, 0.1) is 31.4 Å². The maximum Gasteiger partial charge on any atom is 0.139 e. The van der Waals surface area contributed by atoms with Gasteiger partial charge in [-0.3, -0.25) is 5.32 Å². The lowest BCUT2D eigenvalue weighted by Crippen LogP contribution is -2.59. The molecular formula is C11H13BrN2O3. The maximum atomic E-state index is 10.8. The maximum absolute atomic E-state index is 10.8. The third kappa shape index (κ3) is 2.55. The van der Waals surface area contributed by atoms with Crippen LogP contribution in [0.4, 0.5) is 0 Å². The van der Waals surface area contributed by atoms with Crippen LogP contribution in [-0.2, 0) is 15.1 Å². The zero-order valence-electron chi connectivity index (χ0n) is 9.10. The fourth-order valence-corrected chi connectivity index (χ4v) is 2.29. The Hall–Kier alpha value is -0.820. The van der Waals surface area contributed by atoms with Gasteiger partial charge in [0.1, 0.15) is 10.9 Å². The van der Waals surface area contributed by atoms with Crippen LogP contribution in [0.25, 0.3) is 0 Å². The third-order valence-corrected chi connectivity index (χ3v) is 3.25. The van der Waals surface area contributed by atoms with E-state index in [1.165, 1.54) is 0 Å². The summed E-state index contributed by atoms with van der Waals surface area (Å²) in [6.45, 7) is 0.510. The lowest BCUT2D eigenvalue weighted by atomic mass is 9.90. The second-order valence-electron chi connectivity index (χ2n) is 4.01. The van der Waals surface area contributed by atoms with Crippen molar-refractivity contribution in [2.75, 3.05) is 19.8 Å². The van der Waals surface area contributed by atoms with Crippen molar-refractivity contribution >= 4 is 22.2 Å². The van der Waals surface area contributed by atoms with Crippen molar-refractivity contribution in [3.8, 4) is 0 Å². The van der Waals surface area contributed by atoms with Gasteiger partial charge in [0, 0.05) is 6.20 Å². The first-order valence-electron chi connectivity index (χ1n) is 5.24. The summed E-state index contributed by atoms with van der Waals surface area (Å²) in [4.78, 5) is 14.9. The smallest absolute Gasteiger partial charge is 0.139 e. The lowest BCUT2D eigenvalue weighted by Gasteiger charge is -2.39. The number of aliphatic hydroxyl groups excluding tert-OH is 1. The van der Waals surface area contributed by atoms with Crippen LogP contribution in [0.3, 0.4) is 0 Å². The number of aromatic nitrogens is 1. The number of hydrogen-bond acceptors (Lipinski definition) is 5. The van der Waals surface area contributed by atoms with Crippen molar-refractivity contribution in [2.24, 2.45) is 0 Å². The number of nitrogens with one attached hydrogen (secondary N) is 1. The zero-order valence-corrected chi connectivity index (χ0v) is 10.7. The van der Waals surface area contributed by atoms with Crippen LogP contribution in [0, 0.1) is 0 Å². The number of nitrogens with zero attached hydrogens (tertiary/aromatic N) is 1. The lowest BCUT2D eigenvalue weighted by molar-refractivity contribution is -0.116. The first kappa shape index (κ1) is 12.6. The average molecular weight is 301 g/mol. The Morgan fingerprint density at radius 1 is 1.76 bits per heavy atom. The number of rotatable bonds is 3. The van der Waals surface area contributed by atoms with Crippen LogP contribution in [0.5, 0.6) is 0 Å². The van der Waals surface area contributed by atoms with E-state index >= 15 is 0 Å². The number of carbonyl (C=O) groups excluding carboxylic acids is 1. The molecule has 0 bridgehead atoms. The van der Waals surface area contributed by atoms with Crippen LogP contribution in [0.1, 0.15) is 5.56 Å². The van der Waals surface area contributed by atoms with Crippen molar-refractivity contribution in [1.29, 1.82) is 0 Å². The molecule has 1 saturated heterocycles. The van der Waals surface area contributed by atoms with Gasteiger partial charge in [-0.05, 0) is 33.6 Å². The molecule has 0 saturated carbocycles. The van der Waals surface area contributed by atoms with Gasteiger partial charge in [-0.25, -0.2) is 4.98 Å². The summed E-state index contributed by atoms with van der Waals surface area (Å²) in [6, 6.07) is 3.20. The van der Waals surface area contributed by atoms with E-state index in [1.807, 2.05) is 0 Å². The minimum Gasteiger partial charge on any atom is -0.394 e. The van der Waals surface area contributed by atoms with Gasteiger partial charge in [0.2, 0.25) is 0 Å². The molecule has 0 amide bonds. The fourth-order valence-electron chi connectivity index (χ4n) is 1.92. The largest absolute Gasteiger partial charge is 0.394 e. The average Bonchev–Trinajstić information content (AvgIpc) is 2.38. The summed E-state index contributed by atoms with van der Waals surface area (Å²) in [7, 11) is 0. The van der Waals surface area contributed by atoms with Crippen molar-refractivity contribution in [3.05, 3.63) is 28.5 Å². The highest BCUT2D eigenvalue weighted by Crippen LogP contribution is 2.26. The number of morpholine rings is 1. The molecule has 5 nitrogen and oxygen atoms in total. The molecule has 1 aromatic rings. The zero-order chi connectivity index (χ0) is 12.3.